The second-order valence-electron chi connectivity index (χ2n) is 7.59. The highest BCUT2D eigenvalue weighted by Crippen LogP contribution is 2.18. The molecule has 7 nitrogen and oxygen atoms in total. The molecule has 0 bridgehead atoms. The third-order valence-corrected chi connectivity index (χ3v) is 5.39. The van der Waals surface area contributed by atoms with Crippen molar-refractivity contribution >= 4 is 11.8 Å². The van der Waals surface area contributed by atoms with Gasteiger partial charge in [-0.25, -0.2) is 13.5 Å². The van der Waals surface area contributed by atoms with Crippen LogP contribution in [0.3, 0.4) is 0 Å². The molecule has 2 aromatic carbocycles. The maximum Gasteiger partial charge on any atom is 0.237 e. The molecule has 4 rings (SSSR count). The van der Waals surface area contributed by atoms with Gasteiger partial charge in [0.25, 0.3) is 0 Å². The molecule has 166 valence electrons. The molecule has 1 aromatic heterocycles. The van der Waals surface area contributed by atoms with Gasteiger partial charge < -0.3 is 10.6 Å². The number of amides is 2. The van der Waals surface area contributed by atoms with E-state index in [1.807, 2.05) is 36.5 Å². The summed E-state index contributed by atoms with van der Waals surface area (Å²) in [6.45, 7) is 1.15. The van der Waals surface area contributed by atoms with Crippen LogP contribution >= 0.6 is 0 Å². The molecule has 1 aliphatic rings. The van der Waals surface area contributed by atoms with Gasteiger partial charge in [-0.05, 0) is 29.8 Å². The van der Waals surface area contributed by atoms with E-state index in [4.69, 9.17) is 0 Å². The van der Waals surface area contributed by atoms with Gasteiger partial charge >= 0.3 is 0 Å². The van der Waals surface area contributed by atoms with Crippen molar-refractivity contribution < 1.29 is 18.4 Å². The van der Waals surface area contributed by atoms with Crippen LogP contribution in [-0.2, 0) is 22.7 Å². The minimum atomic E-state index is -0.935. The molecule has 2 heterocycles. The third kappa shape index (κ3) is 5.00. The van der Waals surface area contributed by atoms with Gasteiger partial charge in [-0.15, -0.1) is 0 Å². The Labute approximate surface area is 184 Å². The van der Waals surface area contributed by atoms with E-state index in [0.717, 1.165) is 17.3 Å². The molecule has 32 heavy (non-hydrogen) atoms. The largest absolute Gasteiger partial charge is 0.353 e. The van der Waals surface area contributed by atoms with Crippen molar-refractivity contribution in [2.45, 2.75) is 25.6 Å². The topological polar surface area (TPSA) is 79.3 Å². The van der Waals surface area contributed by atoms with Crippen molar-refractivity contribution in [2.24, 2.45) is 0 Å². The lowest BCUT2D eigenvalue weighted by Gasteiger charge is -2.34. The van der Waals surface area contributed by atoms with Crippen LogP contribution in [0.4, 0.5) is 8.78 Å². The van der Waals surface area contributed by atoms with Crippen molar-refractivity contribution in [2.75, 3.05) is 13.1 Å². The molecule has 0 saturated carbocycles. The van der Waals surface area contributed by atoms with Crippen molar-refractivity contribution in [3.8, 4) is 5.69 Å². The molecule has 0 unspecified atom stereocenters. The molecule has 1 aliphatic heterocycles. The van der Waals surface area contributed by atoms with E-state index in [-0.39, 0.29) is 30.3 Å². The molecule has 1 atom stereocenters. The highest BCUT2D eigenvalue weighted by molar-refractivity contribution is 5.88. The van der Waals surface area contributed by atoms with Crippen molar-refractivity contribution in [3.63, 3.8) is 0 Å². The summed E-state index contributed by atoms with van der Waals surface area (Å²) in [6, 6.07) is 12.6. The fourth-order valence-electron chi connectivity index (χ4n) is 3.74. The van der Waals surface area contributed by atoms with E-state index in [1.165, 1.54) is 12.1 Å². The molecule has 1 saturated heterocycles. The molecular weight excluding hydrogens is 416 g/mol. The van der Waals surface area contributed by atoms with Gasteiger partial charge in [0.15, 0.2) is 11.6 Å². The van der Waals surface area contributed by atoms with Crippen LogP contribution in [0.15, 0.2) is 60.9 Å². The van der Waals surface area contributed by atoms with Crippen molar-refractivity contribution in [3.05, 3.63) is 83.7 Å². The van der Waals surface area contributed by atoms with E-state index in [1.54, 1.807) is 15.8 Å². The monoisotopic (exact) mass is 439 g/mol. The SMILES string of the molecule is O=C(C[C@H]1C(=O)NCCN1Cc1cccc(F)c1F)NCc1cccc(-n2cccn2)c1. The number of aromatic nitrogens is 2. The Morgan fingerprint density at radius 3 is 2.84 bits per heavy atom. The predicted molar refractivity (Wildman–Crippen MR) is 114 cm³/mol. The fraction of sp³-hybridized carbons (Fsp3) is 0.261. The van der Waals surface area contributed by atoms with Crippen LogP contribution in [0.2, 0.25) is 0 Å². The number of carbonyl (C=O) groups is 2. The Balaban J connectivity index is 1.39. The lowest BCUT2D eigenvalue weighted by atomic mass is 10.1. The van der Waals surface area contributed by atoms with Gasteiger partial charge in [0.2, 0.25) is 11.8 Å². The first kappa shape index (κ1) is 21.6. The quantitative estimate of drug-likeness (QED) is 0.592. The number of piperazine rings is 1. The van der Waals surface area contributed by atoms with E-state index in [2.05, 4.69) is 15.7 Å². The number of hydrogen-bond donors (Lipinski definition) is 2. The average Bonchev–Trinajstić information content (AvgIpc) is 3.33. The smallest absolute Gasteiger partial charge is 0.237 e. The van der Waals surface area contributed by atoms with Crippen LogP contribution in [-0.4, -0.2) is 45.6 Å². The van der Waals surface area contributed by atoms with E-state index in [0.29, 0.717) is 19.6 Å². The highest BCUT2D eigenvalue weighted by atomic mass is 19.2. The molecule has 0 radical (unpaired) electrons. The zero-order valence-electron chi connectivity index (χ0n) is 17.3. The second kappa shape index (κ2) is 9.69. The summed E-state index contributed by atoms with van der Waals surface area (Å²) in [6.07, 6.45) is 3.43. The fourth-order valence-corrected chi connectivity index (χ4v) is 3.74. The van der Waals surface area contributed by atoms with E-state index < -0.39 is 17.7 Å². The van der Waals surface area contributed by atoms with Gasteiger partial charge in [-0.3, -0.25) is 14.5 Å². The predicted octanol–water partition coefficient (Wildman–Crippen LogP) is 2.16. The number of hydrogen-bond acceptors (Lipinski definition) is 4. The summed E-state index contributed by atoms with van der Waals surface area (Å²) in [5.41, 5.74) is 1.91. The minimum absolute atomic E-state index is 0.0425. The Morgan fingerprint density at radius 1 is 1.19 bits per heavy atom. The minimum Gasteiger partial charge on any atom is -0.353 e. The number of nitrogens with zero attached hydrogens (tertiary/aromatic N) is 3. The Hall–Kier alpha value is -3.59. The van der Waals surface area contributed by atoms with Crippen LogP contribution in [0.5, 0.6) is 0 Å². The Bertz CT molecular complexity index is 1100. The van der Waals surface area contributed by atoms with E-state index >= 15 is 0 Å². The Morgan fingerprint density at radius 2 is 2.03 bits per heavy atom. The van der Waals surface area contributed by atoms with Crippen LogP contribution < -0.4 is 10.6 Å². The molecule has 1 fully saturated rings. The average molecular weight is 439 g/mol. The maximum atomic E-state index is 14.1. The van der Waals surface area contributed by atoms with Gasteiger partial charge in [-0.2, -0.15) is 5.10 Å². The number of carbonyl (C=O) groups excluding carboxylic acids is 2. The summed E-state index contributed by atoms with van der Waals surface area (Å²) >= 11 is 0. The third-order valence-electron chi connectivity index (χ3n) is 5.39. The summed E-state index contributed by atoms with van der Waals surface area (Å²) < 4.78 is 29.4. The summed E-state index contributed by atoms with van der Waals surface area (Å²) in [5.74, 6) is -2.47. The van der Waals surface area contributed by atoms with Gasteiger partial charge in [-0.1, -0.05) is 24.3 Å². The molecule has 2 amide bonds. The maximum absolute atomic E-state index is 14.1. The lowest BCUT2D eigenvalue weighted by Crippen LogP contribution is -2.56. The van der Waals surface area contributed by atoms with E-state index in [9.17, 15) is 18.4 Å². The molecule has 3 aromatic rings. The normalized spacial score (nSPS) is 16.6. The number of rotatable bonds is 7. The molecule has 0 aliphatic carbocycles. The van der Waals surface area contributed by atoms with Gasteiger partial charge in [0.1, 0.15) is 0 Å². The first-order chi connectivity index (χ1) is 15.5. The second-order valence-corrected chi connectivity index (χ2v) is 7.59. The Kier molecular flexibility index (Phi) is 6.55. The molecule has 2 N–H and O–H groups in total. The van der Waals surface area contributed by atoms with Crippen LogP contribution in [0.1, 0.15) is 17.5 Å². The molecule has 0 spiro atoms. The summed E-state index contributed by atoms with van der Waals surface area (Å²) in [7, 11) is 0. The summed E-state index contributed by atoms with van der Waals surface area (Å²) in [4.78, 5) is 26.7. The standard InChI is InChI=1S/C23H23F2N5O2/c24-19-7-2-5-17(22(19)25)15-29-11-9-26-23(32)20(29)13-21(31)27-14-16-4-1-6-18(12-16)30-10-3-8-28-30/h1-8,10,12,20H,9,11,13-15H2,(H,26,32)(H,27,31)/t20-/m0/s1. The molecular formula is C23H23F2N5O2. The van der Waals surface area contributed by atoms with Crippen molar-refractivity contribution in [1.82, 2.24) is 25.3 Å². The zero-order valence-corrected chi connectivity index (χ0v) is 17.3. The summed E-state index contributed by atoms with van der Waals surface area (Å²) in [5, 5.41) is 9.76. The van der Waals surface area contributed by atoms with Crippen LogP contribution in [0, 0.1) is 11.6 Å². The number of benzene rings is 2. The van der Waals surface area contributed by atoms with Gasteiger partial charge in [0, 0.05) is 44.1 Å². The number of nitrogens with one attached hydrogen (secondary N) is 2. The first-order valence-electron chi connectivity index (χ1n) is 10.3. The highest BCUT2D eigenvalue weighted by Gasteiger charge is 2.32. The first-order valence-corrected chi connectivity index (χ1v) is 10.3. The van der Waals surface area contributed by atoms with Gasteiger partial charge in [0.05, 0.1) is 18.2 Å². The molecule has 9 heteroatoms. The number of halogens is 2. The van der Waals surface area contributed by atoms with Crippen molar-refractivity contribution in [1.29, 1.82) is 0 Å². The van der Waals surface area contributed by atoms with Crippen LogP contribution in [0.25, 0.3) is 5.69 Å². The zero-order chi connectivity index (χ0) is 22.5. The lowest BCUT2D eigenvalue weighted by molar-refractivity contribution is -0.134.